The summed E-state index contributed by atoms with van der Waals surface area (Å²) in [6, 6.07) is 7.49. The van der Waals surface area contributed by atoms with Crippen molar-refractivity contribution in [3.63, 3.8) is 0 Å². The second-order valence-electron chi connectivity index (χ2n) is 6.62. The summed E-state index contributed by atoms with van der Waals surface area (Å²) in [6.45, 7) is 6.16. The maximum atomic E-state index is 12.7. The van der Waals surface area contributed by atoms with Gasteiger partial charge in [0.2, 0.25) is 5.78 Å². The Balaban J connectivity index is 2.04. The summed E-state index contributed by atoms with van der Waals surface area (Å²) in [7, 11) is 1.26. The number of hydrogen-bond donors (Lipinski definition) is 2. The molecule has 8 nitrogen and oxygen atoms in total. The largest absolute Gasteiger partial charge is 0.465 e. The van der Waals surface area contributed by atoms with Crippen molar-refractivity contribution in [2.45, 2.75) is 39.8 Å². The fourth-order valence-corrected chi connectivity index (χ4v) is 2.87. The van der Waals surface area contributed by atoms with Crippen LogP contribution < -0.4 is 5.32 Å². The van der Waals surface area contributed by atoms with Gasteiger partial charge >= 0.3 is 11.9 Å². The molecule has 0 saturated heterocycles. The van der Waals surface area contributed by atoms with Crippen LogP contribution in [-0.4, -0.2) is 47.9 Å². The van der Waals surface area contributed by atoms with Crippen LogP contribution in [0.5, 0.6) is 0 Å². The molecule has 29 heavy (non-hydrogen) atoms. The van der Waals surface area contributed by atoms with E-state index in [1.165, 1.54) is 21.0 Å². The fourth-order valence-electron chi connectivity index (χ4n) is 2.87. The van der Waals surface area contributed by atoms with E-state index in [-0.39, 0.29) is 11.3 Å². The quantitative estimate of drug-likeness (QED) is 0.545. The molecule has 0 aliphatic heterocycles. The van der Waals surface area contributed by atoms with E-state index in [1.807, 2.05) is 0 Å². The molecule has 0 aliphatic carbocycles. The number of rotatable bonds is 7. The van der Waals surface area contributed by atoms with Crippen molar-refractivity contribution < 1.29 is 28.7 Å². The molecular weight excluding hydrogens is 376 g/mol. The monoisotopic (exact) mass is 400 g/mol. The first-order valence-corrected chi connectivity index (χ1v) is 9.05. The molecule has 154 valence electrons. The van der Waals surface area contributed by atoms with Gasteiger partial charge in [0, 0.05) is 11.3 Å². The molecule has 0 spiro atoms. The number of nitrogens with one attached hydrogen (secondary N) is 2. The highest BCUT2D eigenvalue weighted by molar-refractivity contribution is 6.04. The van der Waals surface area contributed by atoms with Crippen LogP contribution in [0.4, 0.5) is 0 Å². The number of methoxy groups -OCH3 is 1. The standard InChI is InChI=1S/C21H24N2O6/c1-11-16(21(27)28-5)12(2)22-17(11)18(24)14(4)29-20(26)13(3)23-19(25)15-9-7-6-8-10-15/h6-10,13-14,22H,1-5H3,(H,23,25)/t13-,14-/m0/s1. The van der Waals surface area contributed by atoms with Gasteiger partial charge in [0.05, 0.1) is 18.4 Å². The molecule has 0 radical (unpaired) electrons. The second-order valence-corrected chi connectivity index (χ2v) is 6.62. The number of esters is 2. The predicted molar refractivity (Wildman–Crippen MR) is 105 cm³/mol. The van der Waals surface area contributed by atoms with Crippen LogP contribution in [0.3, 0.4) is 0 Å². The molecule has 0 fully saturated rings. The van der Waals surface area contributed by atoms with Crippen LogP contribution >= 0.6 is 0 Å². The molecule has 1 aromatic heterocycles. The van der Waals surface area contributed by atoms with E-state index < -0.39 is 35.8 Å². The summed E-state index contributed by atoms with van der Waals surface area (Å²) in [4.78, 5) is 51.9. The van der Waals surface area contributed by atoms with Crippen LogP contribution in [0.25, 0.3) is 0 Å². The van der Waals surface area contributed by atoms with Crippen molar-refractivity contribution in [2.75, 3.05) is 7.11 Å². The predicted octanol–water partition coefficient (Wildman–Crippen LogP) is 2.35. The Labute approximate surface area is 168 Å². The van der Waals surface area contributed by atoms with E-state index in [4.69, 9.17) is 9.47 Å². The average molecular weight is 400 g/mol. The molecule has 1 aromatic carbocycles. The molecule has 0 saturated carbocycles. The number of amides is 1. The second kappa shape index (κ2) is 9.18. The Morgan fingerprint density at radius 3 is 2.24 bits per heavy atom. The minimum absolute atomic E-state index is 0.171. The molecule has 0 aliphatic rings. The molecule has 2 N–H and O–H groups in total. The Kier molecular flexibility index (Phi) is 6.93. The molecule has 1 amide bonds. The highest BCUT2D eigenvalue weighted by Crippen LogP contribution is 2.21. The summed E-state index contributed by atoms with van der Waals surface area (Å²) >= 11 is 0. The van der Waals surface area contributed by atoms with Gasteiger partial charge in [0.15, 0.2) is 6.10 Å². The van der Waals surface area contributed by atoms with Gasteiger partial charge in [-0.2, -0.15) is 0 Å². The molecule has 0 bridgehead atoms. The topological polar surface area (TPSA) is 115 Å². The number of H-pyrrole nitrogens is 1. The Morgan fingerprint density at radius 1 is 1.03 bits per heavy atom. The molecular formula is C21H24N2O6. The lowest BCUT2D eigenvalue weighted by atomic mass is 10.1. The minimum Gasteiger partial charge on any atom is -0.465 e. The number of aryl methyl sites for hydroxylation is 1. The van der Waals surface area contributed by atoms with Gasteiger partial charge in [-0.1, -0.05) is 18.2 Å². The van der Waals surface area contributed by atoms with Gasteiger partial charge < -0.3 is 19.8 Å². The van der Waals surface area contributed by atoms with Gasteiger partial charge in [-0.15, -0.1) is 0 Å². The van der Waals surface area contributed by atoms with Gasteiger partial charge in [0.1, 0.15) is 6.04 Å². The first-order valence-electron chi connectivity index (χ1n) is 9.05. The third-order valence-corrected chi connectivity index (χ3v) is 4.47. The van der Waals surface area contributed by atoms with Crippen LogP contribution in [0.1, 0.15) is 56.3 Å². The van der Waals surface area contributed by atoms with E-state index in [2.05, 4.69) is 10.3 Å². The van der Waals surface area contributed by atoms with E-state index in [1.54, 1.807) is 44.2 Å². The normalized spacial score (nSPS) is 12.6. The fraction of sp³-hybridized carbons (Fsp3) is 0.333. The van der Waals surface area contributed by atoms with Gasteiger partial charge in [-0.3, -0.25) is 9.59 Å². The van der Waals surface area contributed by atoms with Crippen LogP contribution in [0, 0.1) is 13.8 Å². The van der Waals surface area contributed by atoms with Crippen molar-refractivity contribution in [3.05, 3.63) is 58.4 Å². The first kappa shape index (κ1) is 21.9. The summed E-state index contributed by atoms with van der Waals surface area (Å²) in [5.74, 6) is -2.22. The number of ketones is 1. The molecule has 2 atom stereocenters. The zero-order valence-corrected chi connectivity index (χ0v) is 17.0. The number of benzene rings is 1. The van der Waals surface area contributed by atoms with Crippen molar-refractivity contribution in [2.24, 2.45) is 0 Å². The molecule has 2 rings (SSSR count). The molecule has 2 aromatic rings. The lowest BCUT2D eigenvalue weighted by molar-refractivity contribution is -0.148. The van der Waals surface area contributed by atoms with Crippen LogP contribution in [0.15, 0.2) is 30.3 Å². The van der Waals surface area contributed by atoms with E-state index in [9.17, 15) is 19.2 Å². The smallest absolute Gasteiger partial charge is 0.339 e. The van der Waals surface area contributed by atoms with E-state index in [0.29, 0.717) is 16.8 Å². The Morgan fingerprint density at radius 2 is 1.66 bits per heavy atom. The van der Waals surface area contributed by atoms with Crippen molar-refractivity contribution in [1.29, 1.82) is 0 Å². The number of Topliss-reactive ketones (excluding diaryl/α,β-unsaturated/α-hetero) is 1. The third-order valence-electron chi connectivity index (χ3n) is 4.47. The Bertz CT molecular complexity index is 932. The maximum absolute atomic E-state index is 12.7. The number of aromatic amines is 1. The SMILES string of the molecule is COC(=O)c1c(C)[nH]c(C(=O)[C@H](C)OC(=O)[C@H](C)NC(=O)c2ccccc2)c1C. The van der Waals surface area contributed by atoms with Crippen molar-refractivity contribution in [3.8, 4) is 0 Å². The summed E-state index contributed by atoms with van der Waals surface area (Å²) in [5.41, 5.74) is 1.76. The lowest BCUT2D eigenvalue weighted by Crippen LogP contribution is -2.41. The average Bonchev–Trinajstić information content (AvgIpc) is 3.01. The molecule has 8 heteroatoms. The summed E-state index contributed by atoms with van der Waals surface area (Å²) in [6.07, 6.45) is -1.11. The molecule has 0 unspecified atom stereocenters. The minimum atomic E-state index is -1.11. The van der Waals surface area contributed by atoms with E-state index >= 15 is 0 Å². The molecule has 1 heterocycles. The zero-order valence-electron chi connectivity index (χ0n) is 17.0. The highest BCUT2D eigenvalue weighted by atomic mass is 16.5. The zero-order chi connectivity index (χ0) is 21.7. The Hall–Kier alpha value is -3.42. The maximum Gasteiger partial charge on any atom is 0.339 e. The number of carbonyl (C=O) groups excluding carboxylic acids is 4. The summed E-state index contributed by atoms with van der Waals surface area (Å²) < 4.78 is 9.94. The van der Waals surface area contributed by atoms with E-state index in [0.717, 1.165) is 0 Å². The lowest BCUT2D eigenvalue weighted by Gasteiger charge is -2.17. The van der Waals surface area contributed by atoms with Crippen LogP contribution in [-0.2, 0) is 14.3 Å². The highest BCUT2D eigenvalue weighted by Gasteiger charge is 2.29. The first-order chi connectivity index (χ1) is 13.7. The number of aromatic nitrogens is 1. The third kappa shape index (κ3) is 4.90. The van der Waals surface area contributed by atoms with Crippen molar-refractivity contribution >= 4 is 23.6 Å². The summed E-state index contributed by atoms with van der Waals surface area (Å²) in [5, 5.41) is 2.53. The number of ether oxygens (including phenoxy) is 2. The number of carbonyl (C=O) groups is 4. The van der Waals surface area contributed by atoms with Crippen LogP contribution in [0.2, 0.25) is 0 Å². The van der Waals surface area contributed by atoms with Crippen molar-refractivity contribution in [1.82, 2.24) is 10.3 Å². The van der Waals surface area contributed by atoms with Gasteiger partial charge in [-0.25, -0.2) is 9.59 Å². The number of hydrogen-bond acceptors (Lipinski definition) is 6. The van der Waals surface area contributed by atoms with Gasteiger partial charge in [0.25, 0.3) is 5.91 Å². The van der Waals surface area contributed by atoms with Gasteiger partial charge in [-0.05, 0) is 45.4 Å².